The van der Waals surface area contributed by atoms with Crippen molar-refractivity contribution in [1.29, 1.82) is 0 Å². The largest absolute Gasteiger partial charge is 0.370 e. The van der Waals surface area contributed by atoms with E-state index < -0.39 is 0 Å². The van der Waals surface area contributed by atoms with Gasteiger partial charge in [0.2, 0.25) is 0 Å². The molecule has 0 aliphatic carbocycles. The maximum absolute atomic E-state index is 5.93. The molecule has 0 saturated carbocycles. The number of hydrogen-bond acceptors (Lipinski definition) is 5. The maximum atomic E-state index is 5.93. The number of nitrogens with zero attached hydrogens (tertiary/aromatic N) is 6. The molecule has 2 aromatic heterocycles. The van der Waals surface area contributed by atoms with E-state index in [1.165, 1.54) is 0 Å². The van der Waals surface area contributed by atoms with Crippen LogP contribution in [0.25, 0.3) is 0 Å². The summed E-state index contributed by atoms with van der Waals surface area (Å²) in [6, 6.07) is 4.21. The summed E-state index contributed by atoms with van der Waals surface area (Å²) in [6.07, 6.45) is 5.82. The van der Waals surface area contributed by atoms with E-state index in [2.05, 4.69) is 56.2 Å². The van der Waals surface area contributed by atoms with Crippen LogP contribution in [0.2, 0.25) is 0 Å². The van der Waals surface area contributed by atoms with Gasteiger partial charge < -0.3 is 19.9 Å². The van der Waals surface area contributed by atoms with Crippen LogP contribution >= 0.6 is 0 Å². The third-order valence-electron chi connectivity index (χ3n) is 5.02. The predicted octanol–water partition coefficient (Wildman–Crippen LogP) is 1.81. The number of hydrogen-bond donors (Lipinski definition) is 1. The molecule has 0 spiro atoms. The molecule has 1 aliphatic rings. The molecule has 8 heteroatoms. The van der Waals surface area contributed by atoms with E-state index in [1.807, 2.05) is 32.7 Å². The summed E-state index contributed by atoms with van der Waals surface area (Å²) >= 11 is 0. The van der Waals surface area contributed by atoms with Crippen molar-refractivity contribution in [3.63, 3.8) is 0 Å². The summed E-state index contributed by atoms with van der Waals surface area (Å²) in [5.74, 6) is 1.90. The molecule has 1 N–H and O–H groups in total. The fourth-order valence-corrected chi connectivity index (χ4v) is 3.42. The number of guanidine groups is 1. The first-order valence-electron chi connectivity index (χ1n) is 9.90. The van der Waals surface area contributed by atoms with Crippen LogP contribution < -0.4 is 10.2 Å². The van der Waals surface area contributed by atoms with Gasteiger partial charge in [-0.05, 0) is 25.5 Å². The Labute approximate surface area is 167 Å². The van der Waals surface area contributed by atoms with Gasteiger partial charge in [0.1, 0.15) is 11.9 Å². The van der Waals surface area contributed by atoms with Crippen LogP contribution in [-0.4, -0.2) is 65.5 Å². The van der Waals surface area contributed by atoms with Crippen LogP contribution in [0.5, 0.6) is 0 Å². The van der Waals surface area contributed by atoms with Crippen LogP contribution in [-0.2, 0) is 18.3 Å². The van der Waals surface area contributed by atoms with E-state index in [4.69, 9.17) is 4.74 Å². The second-order valence-electron chi connectivity index (χ2n) is 6.85. The first-order chi connectivity index (χ1) is 13.6. The highest BCUT2D eigenvalue weighted by Gasteiger charge is 2.25. The van der Waals surface area contributed by atoms with Crippen molar-refractivity contribution < 1.29 is 4.74 Å². The fourth-order valence-electron chi connectivity index (χ4n) is 3.42. The van der Waals surface area contributed by atoms with Gasteiger partial charge in [-0.2, -0.15) is 5.10 Å². The number of nitrogens with one attached hydrogen (secondary N) is 1. The summed E-state index contributed by atoms with van der Waals surface area (Å²) in [5, 5.41) is 7.71. The highest BCUT2D eigenvalue weighted by Crippen LogP contribution is 2.21. The lowest BCUT2D eigenvalue weighted by Crippen LogP contribution is -2.47. The lowest BCUT2D eigenvalue weighted by atomic mass is 10.1. The molecule has 2 aromatic rings. The van der Waals surface area contributed by atoms with Crippen molar-refractivity contribution in [2.45, 2.75) is 26.5 Å². The average molecular weight is 386 g/mol. The number of anilines is 1. The van der Waals surface area contributed by atoms with Gasteiger partial charge in [0.25, 0.3) is 0 Å². The average Bonchev–Trinajstić information content (AvgIpc) is 3.17. The monoisotopic (exact) mass is 385 g/mol. The molecule has 8 nitrogen and oxygen atoms in total. The second kappa shape index (κ2) is 9.54. The second-order valence-corrected chi connectivity index (χ2v) is 6.85. The molecule has 1 unspecified atom stereocenters. The zero-order chi connectivity index (χ0) is 19.9. The zero-order valence-electron chi connectivity index (χ0n) is 17.3. The summed E-state index contributed by atoms with van der Waals surface area (Å²) in [7, 11) is 3.74. The highest BCUT2D eigenvalue weighted by atomic mass is 16.5. The van der Waals surface area contributed by atoms with Crippen molar-refractivity contribution in [1.82, 2.24) is 25.0 Å². The number of aliphatic imine (C=N–C) groups is 1. The van der Waals surface area contributed by atoms with Crippen molar-refractivity contribution in [3.8, 4) is 0 Å². The van der Waals surface area contributed by atoms with Crippen LogP contribution in [0.15, 0.2) is 35.7 Å². The molecule has 1 fully saturated rings. The molecule has 0 aromatic carbocycles. The van der Waals surface area contributed by atoms with E-state index in [1.54, 1.807) is 4.68 Å². The Morgan fingerprint density at radius 2 is 2.14 bits per heavy atom. The van der Waals surface area contributed by atoms with Crippen molar-refractivity contribution in [3.05, 3.63) is 41.9 Å². The fraction of sp³-hybridized carbons (Fsp3) is 0.550. The molecular formula is C20H31N7O. The molecule has 0 amide bonds. The molecule has 0 bridgehead atoms. The quantitative estimate of drug-likeness (QED) is 0.604. The van der Waals surface area contributed by atoms with E-state index in [0.717, 1.165) is 49.1 Å². The number of aromatic nitrogens is 3. The van der Waals surface area contributed by atoms with E-state index >= 15 is 0 Å². The van der Waals surface area contributed by atoms with Gasteiger partial charge in [-0.15, -0.1) is 0 Å². The molecule has 1 saturated heterocycles. The van der Waals surface area contributed by atoms with Crippen molar-refractivity contribution >= 4 is 11.8 Å². The van der Waals surface area contributed by atoms with Gasteiger partial charge in [-0.25, -0.2) is 4.98 Å². The molecule has 1 atom stereocenters. The minimum Gasteiger partial charge on any atom is -0.370 e. The molecular weight excluding hydrogens is 354 g/mol. The minimum atomic E-state index is 0.0102. The summed E-state index contributed by atoms with van der Waals surface area (Å²) < 4.78 is 7.73. The smallest absolute Gasteiger partial charge is 0.194 e. The topological polar surface area (TPSA) is 70.8 Å². The predicted molar refractivity (Wildman–Crippen MR) is 111 cm³/mol. The summed E-state index contributed by atoms with van der Waals surface area (Å²) in [5.41, 5.74) is 2.23. The van der Waals surface area contributed by atoms with Gasteiger partial charge in [0.15, 0.2) is 5.96 Å². The number of rotatable bonds is 6. The molecule has 3 rings (SSSR count). The third-order valence-corrected chi connectivity index (χ3v) is 5.02. The van der Waals surface area contributed by atoms with Crippen LogP contribution in [0.1, 0.15) is 31.1 Å². The standard InChI is InChI=1S/C20H31N7O/c1-5-26(6-2)19-8-7-16(11-22-19)12-23-20(21-3)27-9-10-28-18(15-27)17-13-24-25(4)14-17/h7-8,11,13-14,18H,5-6,9-10,12,15H2,1-4H3,(H,21,23). The van der Waals surface area contributed by atoms with E-state index in [9.17, 15) is 0 Å². The number of ether oxygens (including phenoxy) is 1. The third kappa shape index (κ3) is 4.81. The lowest BCUT2D eigenvalue weighted by molar-refractivity contribution is -0.00805. The minimum absolute atomic E-state index is 0.0102. The molecule has 152 valence electrons. The van der Waals surface area contributed by atoms with Gasteiger partial charge in [-0.1, -0.05) is 6.07 Å². The maximum Gasteiger partial charge on any atom is 0.194 e. The lowest BCUT2D eigenvalue weighted by Gasteiger charge is -2.34. The highest BCUT2D eigenvalue weighted by molar-refractivity contribution is 5.80. The van der Waals surface area contributed by atoms with Crippen LogP contribution in [0, 0.1) is 0 Å². The van der Waals surface area contributed by atoms with Gasteiger partial charge >= 0.3 is 0 Å². The Morgan fingerprint density at radius 3 is 2.75 bits per heavy atom. The summed E-state index contributed by atoms with van der Waals surface area (Å²) in [4.78, 5) is 13.5. The van der Waals surface area contributed by atoms with Gasteiger partial charge in [0.05, 0.1) is 19.3 Å². The number of morpholine rings is 1. The SMILES string of the molecule is CCN(CC)c1ccc(CNC(=NC)N2CCOC(c3cnn(C)c3)C2)cn1. The Kier molecular flexibility index (Phi) is 6.86. The Morgan fingerprint density at radius 1 is 1.32 bits per heavy atom. The van der Waals surface area contributed by atoms with Gasteiger partial charge in [-0.3, -0.25) is 9.67 Å². The first kappa shape index (κ1) is 20.1. The molecule has 1 aliphatic heterocycles. The number of pyridine rings is 1. The van der Waals surface area contributed by atoms with Crippen LogP contribution in [0.4, 0.5) is 5.82 Å². The Balaban J connectivity index is 1.58. The van der Waals surface area contributed by atoms with Crippen molar-refractivity contribution in [2.75, 3.05) is 44.7 Å². The van der Waals surface area contributed by atoms with Crippen molar-refractivity contribution in [2.24, 2.45) is 12.0 Å². The Hall–Kier alpha value is -2.61. The number of aryl methyl sites for hydroxylation is 1. The molecule has 28 heavy (non-hydrogen) atoms. The Bertz CT molecular complexity index is 767. The van der Waals surface area contributed by atoms with Crippen LogP contribution in [0.3, 0.4) is 0 Å². The molecule has 3 heterocycles. The zero-order valence-corrected chi connectivity index (χ0v) is 17.3. The van der Waals surface area contributed by atoms with Gasteiger partial charge in [0, 0.05) is 58.2 Å². The van der Waals surface area contributed by atoms with E-state index in [0.29, 0.717) is 13.2 Å². The normalized spacial score (nSPS) is 17.6. The molecule has 0 radical (unpaired) electrons. The summed E-state index contributed by atoms with van der Waals surface area (Å²) in [6.45, 7) is 9.14. The first-order valence-corrected chi connectivity index (χ1v) is 9.90. The van der Waals surface area contributed by atoms with E-state index in [-0.39, 0.29) is 6.10 Å².